The molecule has 0 aliphatic carbocycles. The molecule has 3 rings (SSSR count). The Kier molecular flexibility index (Phi) is 2.91. The van der Waals surface area contributed by atoms with Gasteiger partial charge in [0.15, 0.2) is 0 Å². The third-order valence-electron chi connectivity index (χ3n) is 3.03. The minimum absolute atomic E-state index is 0.0334. The monoisotopic (exact) mass is 303 g/mol. The fraction of sp³-hybridized carbons (Fsp3) is 0.0667. The first-order valence-electron chi connectivity index (χ1n) is 6.13. The van der Waals surface area contributed by atoms with Crippen LogP contribution in [-0.2, 0) is 9.71 Å². The first-order chi connectivity index (χ1) is 9.83. The number of rotatable bonds is 2. The minimum Gasteiger partial charge on any atom is -0.508 e. The summed E-state index contributed by atoms with van der Waals surface area (Å²) >= 11 is 0. The van der Waals surface area contributed by atoms with Crippen molar-refractivity contribution in [3.63, 3.8) is 0 Å². The molecule has 6 heteroatoms. The van der Waals surface area contributed by atoms with Crippen LogP contribution >= 0.6 is 0 Å². The van der Waals surface area contributed by atoms with Gasteiger partial charge in [0.1, 0.15) is 11.3 Å². The number of fused-ring (bicyclic) bond motifs is 3. The molecule has 0 spiro atoms. The van der Waals surface area contributed by atoms with Crippen LogP contribution in [0.2, 0.25) is 0 Å². The third kappa shape index (κ3) is 2.57. The fourth-order valence-electron chi connectivity index (χ4n) is 2.23. The lowest BCUT2D eigenvalue weighted by Crippen LogP contribution is -2.10. The van der Waals surface area contributed by atoms with Gasteiger partial charge in [-0.1, -0.05) is 6.07 Å². The molecule has 0 radical (unpaired) electrons. The number of hydrogen-bond donors (Lipinski definition) is 2. The highest BCUT2D eigenvalue weighted by Gasteiger charge is 2.09. The Morgan fingerprint density at radius 1 is 1.14 bits per heavy atom. The number of hydrogen-bond acceptors (Lipinski definition) is 4. The summed E-state index contributed by atoms with van der Waals surface area (Å²) in [5.74, 6) is 3.55. The molecule has 21 heavy (non-hydrogen) atoms. The van der Waals surface area contributed by atoms with Crippen LogP contribution in [0.4, 0.5) is 5.69 Å². The molecule has 2 aromatic carbocycles. The largest absolute Gasteiger partial charge is 0.508 e. The molecular weight excluding hydrogens is 290 g/mol. The van der Waals surface area contributed by atoms with E-state index in [2.05, 4.69) is 10.6 Å². The van der Waals surface area contributed by atoms with Crippen LogP contribution in [0, 0.1) is 0 Å². The van der Waals surface area contributed by atoms with E-state index in [9.17, 15) is 14.1 Å². The second-order valence-corrected chi connectivity index (χ2v) is 7.15. The fourth-order valence-corrected chi connectivity index (χ4v) is 2.86. The van der Waals surface area contributed by atoms with Gasteiger partial charge < -0.3 is 14.2 Å². The average Bonchev–Trinajstić information content (AvgIpc) is 2.37. The molecule has 0 amide bonds. The Morgan fingerprint density at radius 2 is 1.86 bits per heavy atom. The zero-order chi connectivity index (χ0) is 15.2. The second-order valence-electron chi connectivity index (χ2n) is 4.94. The predicted molar refractivity (Wildman–Crippen MR) is 86.5 cm³/mol. The summed E-state index contributed by atoms with van der Waals surface area (Å²) in [6.45, 7) is 0. The van der Waals surface area contributed by atoms with Gasteiger partial charge >= 0.3 is 5.63 Å². The van der Waals surface area contributed by atoms with Gasteiger partial charge in [-0.25, -0.2) is 9.00 Å². The van der Waals surface area contributed by atoms with Crippen molar-refractivity contribution >= 4 is 43.0 Å². The first kappa shape index (κ1) is 13.5. The SMILES string of the molecule is C=S(C)(=O)Nc1ccc2c(c1)c(=O)oc1cc(O)ccc12. The van der Waals surface area contributed by atoms with E-state index in [0.717, 1.165) is 5.39 Å². The van der Waals surface area contributed by atoms with E-state index in [1.165, 1.54) is 18.4 Å². The maximum absolute atomic E-state index is 12.1. The summed E-state index contributed by atoms with van der Waals surface area (Å²) < 4.78 is 19.6. The summed E-state index contributed by atoms with van der Waals surface area (Å²) in [5.41, 5.74) is 0.346. The zero-order valence-electron chi connectivity index (χ0n) is 11.3. The minimum atomic E-state index is -2.42. The standard InChI is InChI=1S/C15H13NO4S/c1-21(2,19)16-9-3-5-11-12-6-4-10(17)8-14(12)20-15(18)13(11)7-9/h3-8,17H,1H2,2H3,(H,16,19). The molecule has 0 saturated carbocycles. The van der Waals surface area contributed by atoms with E-state index in [4.69, 9.17) is 4.42 Å². The molecule has 0 fully saturated rings. The van der Waals surface area contributed by atoms with E-state index in [1.807, 2.05) is 0 Å². The van der Waals surface area contributed by atoms with Gasteiger partial charge in [0.2, 0.25) is 0 Å². The number of benzene rings is 2. The van der Waals surface area contributed by atoms with Crippen molar-refractivity contribution in [1.82, 2.24) is 0 Å². The summed E-state index contributed by atoms with van der Waals surface area (Å²) in [6.07, 6.45) is 1.48. The average molecular weight is 303 g/mol. The van der Waals surface area contributed by atoms with Gasteiger partial charge in [-0.15, -0.1) is 0 Å². The lowest BCUT2D eigenvalue weighted by molar-refractivity contribution is 0.473. The van der Waals surface area contributed by atoms with Crippen LogP contribution in [0.5, 0.6) is 5.75 Å². The van der Waals surface area contributed by atoms with Gasteiger partial charge in [-0.2, -0.15) is 0 Å². The summed E-state index contributed by atoms with van der Waals surface area (Å²) in [4.78, 5) is 12.1. The van der Waals surface area contributed by atoms with Crippen LogP contribution < -0.4 is 10.3 Å². The normalized spacial score (nSPS) is 14.1. The Hall–Kier alpha value is -2.47. The Morgan fingerprint density at radius 3 is 2.57 bits per heavy atom. The Labute approximate surface area is 121 Å². The molecule has 2 N–H and O–H groups in total. The van der Waals surface area contributed by atoms with Crippen molar-refractivity contribution < 1.29 is 13.7 Å². The molecule has 1 unspecified atom stereocenters. The molecule has 0 aliphatic rings. The van der Waals surface area contributed by atoms with E-state index >= 15 is 0 Å². The molecule has 0 saturated heterocycles. The maximum Gasteiger partial charge on any atom is 0.344 e. The maximum atomic E-state index is 12.1. The Bertz CT molecular complexity index is 1020. The van der Waals surface area contributed by atoms with Gasteiger partial charge in [0.05, 0.1) is 5.39 Å². The highest BCUT2D eigenvalue weighted by Crippen LogP contribution is 2.27. The number of nitrogens with one attached hydrogen (secondary N) is 1. The molecule has 108 valence electrons. The van der Waals surface area contributed by atoms with Gasteiger partial charge in [0, 0.05) is 38.5 Å². The van der Waals surface area contributed by atoms with Gasteiger partial charge in [-0.3, -0.25) is 0 Å². The number of aromatic hydroxyl groups is 1. The van der Waals surface area contributed by atoms with Crippen molar-refractivity contribution in [2.45, 2.75) is 0 Å². The van der Waals surface area contributed by atoms with Crippen molar-refractivity contribution in [1.29, 1.82) is 0 Å². The molecule has 3 aromatic rings. The third-order valence-corrected chi connectivity index (χ3v) is 3.70. The summed E-state index contributed by atoms with van der Waals surface area (Å²) in [5, 5.41) is 11.3. The topological polar surface area (TPSA) is 79.5 Å². The highest BCUT2D eigenvalue weighted by molar-refractivity contribution is 8.00. The van der Waals surface area contributed by atoms with E-state index < -0.39 is 15.3 Å². The molecule has 0 aliphatic heterocycles. The van der Waals surface area contributed by atoms with E-state index in [0.29, 0.717) is 22.0 Å². The van der Waals surface area contributed by atoms with Crippen molar-refractivity contribution in [2.75, 3.05) is 11.0 Å². The lowest BCUT2D eigenvalue weighted by atomic mass is 10.1. The number of phenols is 1. The van der Waals surface area contributed by atoms with Crippen LogP contribution in [-0.4, -0.2) is 21.4 Å². The van der Waals surface area contributed by atoms with Crippen molar-refractivity contribution in [2.24, 2.45) is 0 Å². The number of anilines is 1. The van der Waals surface area contributed by atoms with Crippen LogP contribution in [0.25, 0.3) is 21.7 Å². The summed E-state index contributed by atoms with van der Waals surface area (Å²) in [7, 11) is -2.42. The van der Waals surface area contributed by atoms with Gasteiger partial charge in [0.25, 0.3) is 0 Å². The van der Waals surface area contributed by atoms with Gasteiger partial charge in [-0.05, 0) is 30.1 Å². The first-order valence-corrected chi connectivity index (χ1v) is 8.27. The van der Waals surface area contributed by atoms with Crippen LogP contribution in [0.1, 0.15) is 0 Å². The summed E-state index contributed by atoms with van der Waals surface area (Å²) in [6, 6.07) is 9.68. The van der Waals surface area contributed by atoms with Crippen LogP contribution in [0.3, 0.4) is 0 Å². The molecule has 1 atom stereocenters. The van der Waals surface area contributed by atoms with E-state index in [-0.39, 0.29) is 5.75 Å². The molecule has 1 heterocycles. The smallest absolute Gasteiger partial charge is 0.344 e. The van der Waals surface area contributed by atoms with Crippen molar-refractivity contribution in [3.05, 3.63) is 46.8 Å². The predicted octanol–water partition coefficient (Wildman–Crippen LogP) is 2.32. The zero-order valence-corrected chi connectivity index (χ0v) is 12.1. The quantitative estimate of drug-likeness (QED) is 0.432. The van der Waals surface area contributed by atoms with E-state index in [1.54, 1.807) is 24.3 Å². The highest BCUT2D eigenvalue weighted by atomic mass is 32.2. The number of phenolic OH excluding ortho intramolecular Hbond substituents is 1. The Balaban J connectivity index is 2.32. The lowest BCUT2D eigenvalue weighted by Gasteiger charge is -2.09. The molecular formula is C15H13NO4S. The van der Waals surface area contributed by atoms with Crippen LogP contribution in [0.15, 0.2) is 45.6 Å². The second kappa shape index (κ2) is 4.53. The molecule has 0 bridgehead atoms. The van der Waals surface area contributed by atoms with Crippen molar-refractivity contribution in [3.8, 4) is 5.75 Å². The molecule has 5 nitrogen and oxygen atoms in total. The molecule has 1 aromatic heterocycles.